The Labute approximate surface area is 269 Å². The van der Waals surface area contributed by atoms with Crippen LogP contribution in [0.5, 0.6) is 0 Å². The molecule has 0 saturated heterocycles. The maximum absolute atomic E-state index is 13.5. The molecule has 45 heavy (non-hydrogen) atoms. The maximum Gasteiger partial charge on any atom is 0.303 e. The molecule has 0 rings (SSSR count). The number of rotatable bonds is 23. The lowest BCUT2D eigenvalue weighted by Crippen LogP contribution is -2.58. The van der Waals surface area contributed by atoms with Crippen molar-refractivity contribution in [3.05, 3.63) is 0 Å². The molecule has 0 fully saturated rings. The smallest absolute Gasteiger partial charge is 0.303 e. The van der Waals surface area contributed by atoms with Crippen molar-refractivity contribution < 1.29 is 33.9 Å². The summed E-state index contributed by atoms with van der Waals surface area (Å²) in [6, 6.07) is -3.35. The molecule has 260 valence electrons. The zero-order valence-corrected chi connectivity index (χ0v) is 28.9. The predicted molar refractivity (Wildman–Crippen MR) is 174 cm³/mol. The summed E-state index contributed by atoms with van der Waals surface area (Å²) in [7, 11) is 0. The highest BCUT2D eigenvalue weighted by Gasteiger charge is 2.31. The number of nitrogens with one attached hydrogen (secondary N) is 6. The average Bonchev–Trinajstić information content (AvgIpc) is 2.95. The molecular formula is C32H60N6O7. The van der Waals surface area contributed by atoms with E-state index in [0.29, 0.717) is 38.8 Å². The Bertz CT molecular complexity index is 958. The molecule has 0 aliphatic rings. The van der Waals surface area contributed by atoms with E-state index in [1.807, 2.05) is 55.4 Å². The van der Waals surface area contributed by atoms with Gasteiger partial charge in [-0.2, -0.15) is 0 Å². The largest absolute Gasteiger partial charge is 0.481 e. The molecule has 3 unspecified atom stereocenters. The van der Waals surface area contributed by atoms with Gasteiger partial charge in [-0.25, -0.2) is 0 Å². The molecule has 0 aromatic rings. The fourth-order valence-corrected chi connectivity index (χ4v) is 4.74. The number of carboxylic acid groups (broad SMARTS) is 1. The summed E-state index contributed by atoms with van der Waals surface area (Å²) in [6.45, 7) is 17.7. The summed E-state index contributed by atoms with van der Waals surface area (Å²) in [5.74, 6) is -2.89. The molecule has 0 heterocycles. The number of aliphatic carboxylic acids is 1. The van der Waals surface area contributed by atoms with Crippen LogP contribution in [-0.2, 0) is 28.8 Å². The molecule has 0 aliphatic carbocycles. The Hall–Kier alpha value is -3.22. The molecule has 0 spiro atoms. The Kier molecular flexibility index (Phi) is 20.7. The summed E-state index contributed by atoms with van der Waals surface area (Å²) < 4.78 is 0. The van der Waals surface area contributed by atoms with E-state index in [0.717, 1.165) is 0 Å². The quantitative estimate of drug-likeness (QED) is 0.0879. The van der Waals surface area contributed by atoms with Crippen LogP contribution in [0.3, 0.4) is 0 Å². The van der Waals surface area contributed by atoms with Crippen LogP contribution in [0.2, 0.25) is 0 Å². The summed E-state index contributed by atoms with van der Waals surface area (Å²) in [5, 5.41) is 26.2. The fraction of sp³-hybridized carbons (Fsp3) is 0.812. The van der Waals surface area contributed by atoms with Crippen molar-refractivity contribution in [1.29, 1.82) is 0 Å². The van der Waals surface area contributed by atoms with Gasteiger partial charge in [-0.1, -0.05) is 61.3 Å². The first-order valence-electron chi connectivity index (χ1n) is 16.5. The van der Waals surface area contributed by atoms with Gasteiger partial charge in [-0.05, 0) is 50.9 Å². The van der Waals surface area contributed by atoms with Crippen LogP contribution in [0.1, 0.15) is 107 Å². The Morgan fingerprint density at radius 2 is 1.36 bits per heavy atom. The number of likely N-dealkylation sites (N-methyl/N-ethyl adjacent to an activating group) is 1. The molecule has 0 aliphatic heterocycles. The van der Waals surface area contributed by atoms with Gasteiger partial charge in [0.1, 0.15) is 18.1 Å². The van der Waals surface area contributed by atoms with E-state index in [-0.39, 0.29) is 60.8 Å². The second-order valence-corrected chi connectivity index (χ2v) is 12.6. The first-order chi connectivity index (χ1) is 21.1. The van der Waals surface area contributed by atoms with Gasteiger partial charge in [0.05, 0.1) is 6.04 Å². The fourth-order valence-electron chi connectivity index (χ4n) is 4.74. The number of amides is 5. The van der Waals surface area contributed by atoms with Gasteiger partial charge in [0.25, 0.3) is 0 Å². The maximum atomic E-state index is 13.5. The van der Waals surface area contributed by atoms with Crippen LogP contribution in [0.4, 0.5) is 0 Å². The molecule has 7 N–H and O–H groups in total. The molecule has 13 heteroatoms. The van der Waals surface area contributed by atoms with Crippen molar-refractivity contribution in [2.75, 3.05) is 13.1 Å². The van der Waals surface area contributed by atoms with Crippen molar-refractivity contribution in [2.24, 2.45) is 17.8 Å². The lowest BCUT2D eigenvalue weighted by Gasteiger charge is -2.29. The minimum absolute atomic E-state index is 0.0181. The Morgan fingerprint density at radius 1 is 0.711 bits per heavy atom. The van der Waals surface area contributed by atoms with Crippen molar-refractivity contribution in [1.82, 2.24) is 31.9 Å². The monoisotopic (exact) mass is 640 g/mol. The molecule has 13 nitrogen and oxygen atoms in total. The first kappa shape index (κ1) is 41.8. The third kappa shape index (κ3) is 17.2. The standard InChI is InChI=1S/C32H60N6O7/c1-10-14-24(36-32(45)28(21(8)11-2)37-25(39)15-13-16-26(40)41)30(43)35-23(17-19(4)5)18-34-22(9)29(42)38-27(20(6)7)31(44)33-12-3/h19-24,27-28,34H,10-18H2,1-9H3,(H,33,44)(H,35,43)(H,36,45)(H,37,39)(H,38,42)(H,40,41)/t21-,22-,23?,24-,27?,28?/m0/s1. The van der Waals surface area contributed by atoms with Crippen LogP contribution in [0.25, 0.3) is 0 Å². The Balaban J connectivity index is 5.51. The van der Waals surface area contributed by atoms with E-state index >= 15 is 0 Å². The second kappa shape index (κ2) is 22.3. The van der Waals surface area contributed by atoms with E-state index in [2.05, 4.69) is 31.9 Å². The molecular weight excluding hydrogens is 580 g/mol. The number of carbonyl (C=O) groups excluding carboxylic acids is 5. The molecule has 0 bridgehead atoms. The number of hydrogen-bond acceptors (Lipinski definition) is 7. The van der Waals surface area contributed by atoms with E-state index in [1.54, 1.807) is 6.92 Å². The average molecular weight is 641 g/mol. The number of hydrogen-bond donors (Lipinski definition) is 7. The lowest BCUT2D eigenvalue weighted by molar-refractivity contribution is -0.137. The predicted octanol–water partition coefficient (Wildman–Crippen LogP) is 1.84. The molecule has 6 atom stereocenters. The van der Waals surface area contributed by atoms with Crippen LogP contribution >= 0.6 is 0 Å². The molecule has 0 saturated carbocycles. The van der Waals surface area contributed by atoms with Crippen LogP contribution in [0.15, 0.2) is 0 Å². The minimum atomic E-state index is -0.993. The summed E-state index contributed by atoms with van der Waals surface area (Å²) >= 11 is 0. The topological polar surface area (TPSA) is 195 Å². The highest BCUT2D eigenvalue weighted by atomic mass is 16.4. The van der Waals surface area contributed by atoms with Gasteiger partial charge < -0.3 is 37.0 Å². The van der Waals surface area contributed by atoms with Gasteiger partial charge in [0, 0.05) is 32.0 Å². The van der Waals surface area contributed by atoms with E-state index in [1.165, 1.54) is 0 Å². The summed E-state index contributed by atoms with van der Waals surface area (Å²) in [4.78, 5) is 75.4. The minimum Gasteiger partial charge on any atom is -0.481 e. The van der Waals surface area contributed by atoms with Gasteiger partial charge >= 0.3 is 5.97 Å². The van der Waals surface area contributed by atoms with E-state index in [4.69, 9.17) is 5.11 Å². The molecule has 0 aromatic heterocycles. The van der Waals surface area contributed by atoms with E-state index in [9.17, 15) is 28.8 Å². The Morgan fingerprint density at radius 3 is 1.87 bits per heavy atom. The van der Waals surface area contributed by atoms with Crippen molar-refractivity contribution in [3.8, 4) is 0 Å². The van der Waals surface area contributed by atoms with Crippen molar-refractivity contribution >= 4 is 35.5 Å². The van der Waals surface area contributed by atoms with Gasteiger partial charge in [-0.3, -0.25) is 28.8 Å². The molecule has 0 aromatic carbocycles. The van der Waals surface area contributed by atoms with Crippen LogP contribution in [-0.4, -0.2) is 83.9 Å². The second-order valence-electron chi connectivity index (χ2n) is 12.6. The molecule has 5 amide bonds. The summed E-state index contributed by atoms with van der Waals surface area (Å²) in [5.41, 5.74) is 0. The number of carboxylic acids is 1. The van der Waals surface area contributed by atoms with Gasteiger partial charge in [0.15, 0.2) is 0 Å². The van der Waals surface area contributed by atoms with Crippen LogP contribution in [0, 0.1) is 17.8 Å². The third-order valence-corrected chi connectivity index (χ3v) is 7.58. The summed E-state index contributed by atoms with van der Waals surface area (Å²) in [6.07, 6.45) is 2.24. The number of carbonyl (C=O) groups is 6. The first-order valence-corrected chi connectivity index (χ1v) is 16.5. The van der Waals surface area contributed by atoms with Gasteiger partial charge in [0.2, 0.25) is 29.5 Å². The van der Waals surface area contributed by atoms with Crippen LogP contribution < -0.4 is 31.9 Å². The zero-order chi connectivity index (χ0) is 34.7. The third-order valence-electron chi connectivity index (χ3n) is 7.58. The van der Waals surface area contributed by atoms with Crippen molar-refractivity contribution in [2.45, 2.75) is 137 Å². The molecule has 0 radical (unpaired) electrons. The normalized spacial score (nSPS) is 15.3. The highest BCUT2D eigenvalue weighted by molar-refractivity contribution is 5.92. The highest BCUT2D eigenvalue weighted by Crippen LogP contribution is 2.11. The van der Waals surface area contributed by atoms with Gasteiger partial charge in [-0.15, -0.1) is 0 Å². The lowest BCUT2D eigenvalue weighted by atomic mass is 9.97. The SMILES string of the molecule is CCC[C@H](NC(=O)C(NC(=O)CCCC(=O)O)[C@@H](C)CC)C(=O)NC(CN[C@@H](C)C(=O)NC(C(=O)NCC)C(C)C)CC(C)C. The van der Waals surface area contributed by atoms with Crippen molar-refractivity contribution in [3.63, 3.8) is 0 Å². The zero-order valence-electron chi connectivity index (χ0n) is 28.9. The van der Waals surface area contributed by atoms with E-state index < -0.39 is 42.0 Å².